The van der Waals surface area contributed by atoms with Gasteiger partial charge in [-0.3, -0.25) is 0 Å². The molecule has 3 nitrogen and oxygen atoms in total. The minimum atomic E-state index is -0.499. The zero-order chi connectivity index (χ0) is 13.2. The molecule has 0 aliphatic rings. The Morgan fingerprint density at radius 2 is 1.88 bits per heavy atom. The van der Waals surface area contributed by atoms with Crippen LogP contribution in [0, 0.1) is 20.8 Å². The van der Waals surface area contributed by atoms with Crippen molar-refractivity contribution in [1.82, 2.24) is 0 Å². The Kier molecular flexibility index (Phi) is 4.17. The van der Waals surface area contributed by atoms with Gasteiger partial charge in [-0.1, -0.05) is 6.07 Å². The first kappa shape index (κ1) is 14.0. The molecule has 17 heavy (non-hydrogen) atoms. The lowest BCUT2D eigenvalue weighted by molar-refractivity contribution is 0.246. The molecule has 0 aliphatic carbocycles. The maximum Gasteiger partial charge on any atom is 0.124 e. The third-order valence-corrected chi connectivity index (χ3v) is 3.48. The molecule has 1 aromatic rings. The summed E-state index contributed by atoms with van der Waals surface area (Å²) < 4.78 is 5.39. The minimum Gasteiger partial charge on any atom is -0.496 e. The average molecular weight is 237 g/mol. The van der Waals surface area contributed by atoms with Crippen molar-refractivity contribution in [3.8, 4) is 5.75 Å². The van der Waals surface area contributed by atoms with E-state index in [0.29, 0.717) is 6.42 Å². The van der Waals surface area contributed by atoms with Crippen LogP contribution in [0.5, 0.6) is 5.75 Å². The molecular formula is C14H23NO2. The molecule has 0 heterocycles. The molecule has 0 radical (unpaired) electrons. The van der Waals surface area contributed by atoms with Crippen molar-refractivity contribution in [2.24, 2.45) is 5.73 Å². The zero-order valence-electron chi connectivity index (χ0n) is 11.4. The largest absolute Gasteiger partial charge is 0.496 e. The summed E-state index contributed by atoms with van der Waals surface area (Å²) >= 11 is 0. The highest BCUT2D eigenvalue weighted by Crippen LogP contribution is 2.34. The van der Waals surface area contributed by atoms with Gasteiger partial charge < -0.3 is 15.6 Å². The number of benzene rings is 1. The highest BCUT2D eigenvalue weighted by atomic mass is 16.5. The fourth-order valence-corrected chi connectivity index (χ4v) is 2.33. The number of hydrogen-bond donors (Lipinski definition) is 2. The van der Waals surface area contributed by atoms with E-state index in [-0.39, 0.29) is 6.61 Å². The van der Waals surface area contributed by atoms with E-state index >= 15 is 0 Å². The Morgan fingerprint density at radius 3 is 2.35 bits per heavy atom. The Bertz CT molecular complexity index is 411. The molecular weight excluding hydrogens is 214 g/mol. The van der Waals surface area contributed by atoms with E-state index in [2.05, 4.69) is 13.0 Å². The van der Waals surface area contributed by atoms with E-state index in [0.717, 1.165) is 28.0 Å². The van der Waals surface area contributed by atoms with Crippen molar-refractivity contribution in [3.63, 3.8) is 0 Å². The molecule has 0 spiro atoms. The molecule has 0 bridgehead atoms. The van der Waals surface area contributed by atoms with Gasteiger partial charge in [-0.2, -0.15) is 0 Å². The van der Waals surface area contributed by atoms with Crippen LogP contribution in [0.2, 0.25) is 0 Å². The number of aliphatic hydroxyl groups is 1. The van der Waals surface area contributed by atoms with Crippen molar-refractivity contribution in [2.75, 3.05) is 13.7 Å². The van der Waals surface area contributed by atoms with E-state index in [9.17, 15) is 0 Å². The third kappa shape index (κ3) is 2.61. The molecule has 1 atom stereocenters. The first-order chi connectivity index (χ1) is 7.85. The second-order valence-corrected chi connectivity index (χ2v) is 4.92. The van der Waals surface area contributed by atoms with Crippen molar-refractivity contribution < 1.29 is 9.84 Å². The molecule has 0 saturated heterocycles. The van der Waals surface area contributed by atoms with Gasteiger partial charge in [-0.15, -0.1) is 0 Å². The summed E-state index contributed by atoms with van der Waals surface area (Å²) in [5.41, 5.74) is 10.2. The van der Waals surface area contributed by atoms with E-state index in [1.165, 1.54) is 0 Å². The van der Waals surface area contributed by atoms with Crippen LogP contribution in [0.1, 0.15) is 35.6 Å². The van der Waals surface area contributed by atoms with Gasteiger partial charge in [0.2, 0.25) is 0 Å². The molecule has 96 valence electrons. The number of aliphatic hydroxyl groups excluding tert-OH is 1. The van der Waals surface area contributed by atoms with Gasteiger partial charge in [0, 0.05) is 12.1 Å². The monoisotopic (exact) mass is 237 g/mol. The Balaban J connectivity index is 3.37. The number of methoxy groups -OCH3 is 1. The zero-order valence-corrected chi connectivity index (χ0v) is 11.4. The van der Waals surface area contributed by atoms with Gasteiger partial charge in [-0.25, -0.2) is 0 Å². The van der Waals surface area contributed by atoms with Crippen LogP contribution in [0.4, 0.5) is 0 Å². The Morgan fingerprint density at radius 1 is 1.29 bits per heavy atom. The number of ether oxygens (including phenoxy) is 1. The van der Waals surface area contributed by atoms with E-state index in [1.54, 1.807) is 7.11 Å². The molecule has 1 aromatic carbocycles. The maximum absolute atomic E-state index is 9.09. The van der Waals surface area contributed by atoms with Gasteiger partial charge in [0.1, 0.15) is 5.75 Å². The number of hydrogen-bond acceptors (Lipinski definition) is 3. The van der Waals surface area contributed by atoms with Gasteiger partial charge in [0.05, 0.1) is 7.11 Å². The molecule has 0 saturated carbocycles. The molecule has 0 aromatic heterocycles. The van der Waals surface area contributed by atoms with Crippen LogP contribution >= 0.6 is 0 Å². The van der Waals surface area contributed by atoms with Crippen LogP contribution in [0.15, 0.2) is 6.07 Å². The number of aryl methyl sites for hydroxylation is 1. The fraction of sp³-hybridized carbons (Fsp3) is 0.571. The number of rotatable bonds is 4. The first-order valence-corrected chi connectivity index (χ1v) is 5.90. The summed E-state index contributed by atoms with van der Waals surface area (Å²) in [4.78, 5) is 0. The van der Waals surface area contributed by atoms with Gasteiger partial charge in [0.25, 0.3) is 0 Å². The number of nitrogens with two attached hydrogens (primary N) is 1. The third-order valence-electron chi connectivity index (χ3n) is 3.48. The summed E-state index contributed by atoms with van der Waals surface area (Å²) in [6, 6.07) is 2.07. The highest BCUT2D eigenvalue weighted by Gasteiger charge is 2.25. The predicted octanol–water partition coefficient (Wildman–Crippen LogP) is 2.18. The van der Waals surface area contributed by atoms with E-state index in [4.69, 9.17) is 15.6 Å². The van der Waals surface area contributed by atoms with Crippen LogP contribution in [0.3, 0.4) is 0 Å². The molecule has 3 heteroatoms. The Labute approximate surface area is 104 Å². The van der Waals surface area contributed by atoms with Gasteiger partial charge >= 0.3 is 0 Å². The van der Waals surface area contributed by atoms with E-state index in [1.807, 2.05) is 20.8 Å². The molecule has 1 unspecified atom stereocenters. The Hall–Kier alpha value is -1.06. The van der Waals surface area contributed by atoms with Crippen LogP contribution < -0.4 is 10.5 Å². The summed E-state index contributed by atoms with van der Waals surface area (Å²) in [7, 11) is 1.68. The van der Waals surface area contributed by atoms with Crippen molar-refractivity contribution in [1.29, 1.82) is 0 Å². The lowest BCUT2D eigenvalue weighted by atomic mass is 9.84. The average Bonchev–Trinajstić information content (AvgIpc) is 2.24. The minimum absolute atomic E-state index is 0.0938. The molecule has 3 N–H and O–H groups in total. The quantitative estimate of drug-likeness (QED) is 0.844. The van der Waals surface area contributed by atoms with Crippen LogP contribution in [0.25, 0.3) is 0 Å². The van der Waals surface area contributed by atoms with Crippen molar-refractivity contribution in [2.45, 2.75) is 39.7 Å². The van der Waals surface area contributed by atoms with Crippen LogP contribution in [-0.4, -0.2) is 18.8 Å². The molecule has 0 fully saturated rings. The molecule has 1 rings (SSSR count). The lowest BCUT2D eigenvalue weighted by Gasteiger charge is -2.28. The summed E-state index contributed by atoms with van der Waals surface area (Å²) in [6.07, 6.45) is 0.555. The fourth-order valence-electron chi connectivity index (χ4n) is 2.33. The van der Waals surface area contributed by atoms with E-state index < -0.39 is 5.54 Å². The second-order valence-electron chi connectivity index (χ2n) is 4.92. The first-order valence-electron chi connectivity index (χ1n) is 5.90. The lowest BCUT2D eigenvalue weighted by Crippen LogP contribution is -2.35. The smallest absolute Gasteiger partial charge is 0.124 e. The summed E-state index contributed by atoms with van der Waals surface area (Å²) in [5, 5.41) is 9.09. The summed E-state index contributed by atoms with van der Waals surface area (Å²) in [6.45, 7) is 8.16. The van der Waals surface area contributed by atoms with Crippen molar-refractivity contribution >= 4 is 0 Å². The van der Waals surface area contributed by atoms with Gasteiger partial charge in [0.15, 0.2) is 0 Å². The van der Waals surface area contributed by atoms with Crippen molar-refractivity contribution in [3.05, 3.63) is 28.3 Å². The maximum atomic E-state index is 9.09. The topological polar surface area (TPSA) is 55.5 Å². The van der Waals surface area contributed by atoms with Gasteiger partial charge in [-0.05, 0) is 56.4 Å². The molecule has 0 aliphatic heterocycles. The summed E-state index contributed by atoms with van der Waals surface area (Å²) in [5.74, 6) is 0.922. The normalized spacial score (nSPS) is 14.5. The molecule has 0 amide bonds. The second kappa shape index (κ2) is 5.07. The van der Waals surface area contributed by atoms with Crippen LogP contribution in [-0.2, 0) is 5.54 Å². The standard InChI is InChI=1S/C14H23NO2/c1-9-8-12(14(4,15)6-7-16)10(2)11(3)13(9)17-5/h8,16H,6-7,15H2,1-5H3. The highest BCUT2D eigenvalue weighted by molar-refractivity contribution is 5.51. The predicted molar refractivity (Wildman–Crippen MR) is 70.4 cm³/mol. The SMILES string of the molecule is COc1c(C)cc(C(C)(N)CCO)c(C)c1C.